The number of para-hydroxylation sites is 2. The Bertz CT molecular complexity index is 2860. The van der Waals surface area contributed by atoms with E-state index in [4.69, 9.17) is 19.4 Å². The van der Waals surface area contributed by atoms with Gasteiger partial charge in [0.25, 0.3) is 0 Å². The van der Waals surface area contributed by atoms with Crippen LogP contribution in [0, 0.1) is 0 Å². The molecule has 6 aromatic carbocycles. The summed E-state index contributed by atoms with van der Waals surface area (Å²) in [5, 5.41) is 4.42. The van der Waals surface area contributed by atoms with E-state index < -0.39 is 0 Å². The number of fused-ring (bicyclic) bond motifs is 7. The normalized spacial score (nSPS) is 11.6. The molecule has 234 valence electrons. The number of nitrogens with zero attached hydrogens (tertiary/aromatic N) is 5. The van der Waals surface area contributed by atoms with Crippen molar-refractivity contribution in [2.45, 2.75) is 0 Å². The fourth-order valence-electron chi connectivity index (χ4n) is 7.03. The Morgan fingerprint density at radius 1 is 0.440 bits per heavy atom. The van der Waals surface area contributed by atoms with Gasteiger partial charge in [-0.1, -0.05) is 84.9 Å². The number of pyridine rings is 1. The topological polar surface area (TPSA) is 69.6 Å². The summed E-state index contributed by atoms with van der Waals surface area (Å²) >= 11 is 0. The summed E-state index contributed by atoms with van der Waals surface area (Å²) in [6.45, 7) is 0. The third-order valence-electron chi connectivity index (χ3n) is 9.32. The molecule has 0 spiro atoms. The Balaban J connectivity index is 1.22. The van der Waals surface area contributed by atoms with Crippen LogP contribution in [0.2, 0.25) is 0 Å². The van der Waals surface area contributed by atoms with Crippen LogP contribution < -0.4 is 0 Å². The molecule has 6 nitrogen and oxygen atoms in total. The third kappa shape index (κ3) is 4.58. The van der Waals surface area contributed by atoms with Gasteiger partial charge in [-0.05, 0) is 77.9 Å². The van der Waals surface area contributed by atoms with Crippen molar-refractivity contribution in [2.75, 3.05) is 0 Å². The van der Waals surface area contributed by atoms with Gasteiger partial charge in [0.1, 0.15) is 11.2 Å². The molecular weight excluding hydrogens is 615 g/mol. The van der Waals surface area contributed by atoms with Crippen molar-refractivity contribution >= 4 is 43.7 Å². The summed E-state index contributed by atoms with van der Waals surface area (Å²) in [6.07, 6.45) is 3.54. The molecule has 10 aromatic rings. The lowest BCUT2D eigenvalue weighted by Crippen LogP contribution is -2.00. The number of aromatic nitrogens is 5. The zero-order valence-corrected chi connectivity index (χ0v) is 26.7. The first-order valence-corrected chi connectivity index (χ1v) is 16.5. The largest absolute Gasteiger partial charge is 0.456 e. The maximum atomic E-state index is 6.50. The van der Waals surface area contributed by atoms with E-state index in [9.17, 15) is 0 Å². The first-order chi connectivity index (χ1) is 24.8. The minimum absolute atomic E-state index is 0.562. The maximum absolute atomic E-state index is 6.50. The van der Waals surface area contributed by atoms with E-state index in [0.717, 1.165) is 66.5 Å². The number of hydrogen-bond donors (Lipinski definition) is 0. The summed E-state index contributed by atoms with van der Waals surface area (Å²) in [7, 11) is 0. The number of rotatable bonds is 5. The fourth-order valence-corrected chi connectivity index (χ4v) is 7.03. The summed E-state index contributed by atoms with van der Waals surface area (Å²) in [5.74, 6) is 1.73. The van der Waals surface area contributed by atoms with Gasteiger partial charge in [0.05, 0.1) is 16.4 Å². The van der Waals surface area contributed by atoms with Crippen molar-refractivity contribution in [3.63, 3.8) is 0 Å². The van der Waals surface area contributed by atoms with Crippen LogP contribution in [0.15, 0.2) is 168 Å². The van der Waals surface area contributed by atoms with Crippen molar-refractivity contribution in [3.05, 3.63) is 164 Å². The van der Waals surface area contributed by atoms with Gasteiger partial charge in [-0.15, -0.1) is 0 Å². The Labute approximate surface area is 287 Å². The Morgan fingerprint density at radius 3 is 1.90 bits per heavy atom. The van der Waals surface area contributed by atoms with Crippen LogP contribution in [0.25, 0.3) is 94.7 Å². The second-order valence-electron chi connectivity index (χ2n) is 12.3. The molecule has 6 heteroatoms. The standard InChI is InChI=1S/C44H27N5O/c1-3-11-28(12-4-1)29-13-9-14-30(25-29)42-46-43(48-44(47-42)32-15-10-24-45-27-32)31-20-22-38-36(26-31)40-39(50-38)23-21-35-34-18-7-8-19-37(34)49(41(35)40)33-16-5-2-6-17-33/h1-27H. The van der Waals surface area contributed by atoms with E-state index in [0.29, 0.717) is 17.5 Å². The highest BCUT2D eigenvalue weighted by Crippen LogP contribution is 2.41. The van der Waals surface area contributed by atoms with Crippen LogP contribution in [0.1, 0.15) is 0 Å². The Morgan fingerprint density at radius 2 is 1.10 bits per heavy atom. The second-order valence-corrected chi connectivity index (χ2v) is 12.3. The molecule has 0 aliphatic carbocycles. The van der Waals surface area contributed by atoms with Gasteiger partial charge in [-0.3, -0.25) is 4.98 Å². The fraction of sp³-hybridized carbons (Fsp3) is 0. The van der Waals surface area contributed by atoms with Gasteiger partial charge in [-0.25, -0.2) is 15.0 Å². The minimum Gasteiger partial charge on any atom is -0.456 e. The molecule has 0 fully saturated rings. The van der Waals surface area contributed by atoms with Crippen molar-refractivity contribution in [3.8, 4) is 51.0 Å². The first-order valence-electron chi connectivity index (χ1n) is 16.5. The van der Waals surface area contributed by atoms with E-state index in [1.807, 2.05) is 60.7 Å². The molecule has 10 rings (SSSR count). The Hall–Kier alpha value is -6.92. The van der Waals surface area contributed by atoms with Gasteiger partial charge in [0.15, 0.2) is 17.5 Å². The van der Waals surface area contributed by atoms with Crippen molar-refractivity contribution in [1.29, 1.82) is 0 Å². The van der Waals surface area contributed by atoms with Crippen LogP contribution >= 0.6 is 0 Å². The maximum Gasteiger partial charge on any atom is 0.165 e. The molecule has 4 heterocycles. The molecule has 0 aliphatic heterocycles. The number of benzene rings is 6. The summed E-state index contributed by atoms with van der Waals surface area (Å²) in [5.41, 5.74) is 9.80. The lowest BCUT2D eigenvalue weighted by atomic mass is 10.0. The zero-order chi connectivity index (χ0) is 33.0. The molecule has 0 aliphatic rings. The monoisotopic (exact) mass is 641 g/mol. The van der Waals surface area contributed by atoms with Crippen molar-refractivity contribution in [1.82, 2.24) is 24.5 Å². The SMILES string of the molecule is c1ccc(-c2cccc(-c3nc(-c4cccnc4)nc(-c4ccc5oc6ccc7c8ccccc8n(-c8ccccc8)c7c6c5c4)n3)c2)cc1. The predicted molar refractivity (Wildman–Crippen MR) is 201 cm³/mol. The van der Waals surface area contributed by atoms with Gasteiger partial charge in [0.2, 0.25) is 0 Å². The highest BCUT2D eigenvalue weighted by atomic mass is 16.3. The zero-order valence-electron chi connectivity index (χ0n) is 26.7. The molecule has 0 unspecified atom stereocenters. The summed E-state index contributed by atoms with van der Waals surface area (Å²) in [6, 6.07) is 52.1. The summed E-state index contributed by atoms with van der Waals surface area (Å²) < 4.78 is 8.85. The average Bonchev–Trinajstić information content (AvgIpc) is 3.74. The van der Waals surface area contributed by atoms with E-state index in [1.54, 1.807) is 12.4 Å². The lowest BCUT2D eigenvalue weighted by molar-refractivity contribution is 0.669. The lowest BCUT2D eigenvalue weighted by Gasteiger charge is -2.10. The minimum atomic E-state index is 0.562. The molecule has 0 N–H and O–H groups in total. The van der Waals surface area contributed by atoms with Crippen LogP contribution in [0.5, 0.6) is 0 Å². The van der Waals surface area contributed by atoms with E-state index in [1.165, 1.54) is 10.8 Å². The van der Waals surface area contributed by atoms with Crippen LogP contribution in [0.4, 0.5) is 0 Å². The van der Waals surface area contributed by atoms with E-state index in [2.05, 4.69) is 101 Å². The molecular formula is C44H27N5O. The quantitative estimate of drug-likeness (QED) is 0.187. The smallest absolute Gasteiger partial charge is 0.165 e. The van der Waals surface area contributed by atoms with Gasteiger partial charge < -0.3 is 8.98 Å². The molecule has 4 aromatic heterocycles. The van der Waals surface area contributed by atoms with Gasteiger partial charge >= 0.3 is 0 Å². The first kappa shape index (κ1) is 28.1. The van der Waals surface area contributed by atoms with Gasteiger partial charge in [0, 0.05) is 50.9 Å². The molecule has 0 saturated carbocycles. The molecule has 0 atom stereocenters. The van der Waals surface area contributed by atoms with Crippen molar-refractivity contribution < 1.29 is 4.42 Å². The van der Waals surface area contributed by atoms with Crippen LogP contribution in [-0.4, -0.2) is 24.5 Å². The van der Waals surface area contributed by atoms with E-state index in [-0.39, 0.29) is 0 Å². The molecule has 0 bridgehead atoms. The van der Waals surface area contributed by atoms with Crippen LogP contribution in [-0.2, 0) is 0 Å². The predicted octanol–water partition coefficient (Wildman–Crippen LogP) is 10.9. The Kier molecular flexibility index (Phi) is 6.39. The molecule has 50 heavy (non-hydrogen) atoms. The molecule has 0 saturated heterocycles. The highest BCUT2D eigenvalue weighted by molar-refractivity contribution is 6.24. The van der Waals surface area contributed by atoms with Crippen molar-refractivity contribution in [2.24, 2.45) is 0 Å². The molecule has 0 radical (unpaired) electrons. The van der Waals surface area contributed by atoms with Crippen LogP contribution in [0.3, 0.4) is 0 Å². The van der Waals surface area contributed by atoms with Gasteiger partial charge in [-0.2, -0.15) is 0 Å². The number of hydrogen-bond acceptors (Lipinski definition) is 5. The van der Waals surface area contributed by atoms with E-state index >= 15 is 0 Å². The second kappa shape index (κ2) is 11.4. The number of furan rings is 1. The molecule has 0 amide bonds. The average molecular weight is 642 g/mol. The third-order valence-corrected chi connectivity index (χ3v) is 9.32. The highest BCUT2D eigenvalue weighted by Gasteiger charge is 2.20. The summed E-state index contributed by atoms with van der Waals surface area (Å²) in [4.78, 5) is 19.4.